The van der Waals surface area contributed by atoms with Crippen molar-refractivity contribution in [3.8, 4) is 0 Å². The van der Waals surface area contributed by atoms with Gasteiger partial charge in [0.25, 0.3) is 10.0 Å². The number of amidine groups is 1. The number of piperidine rings is 1. The van der Waals surface area contributed by atoms with E-state index in [1.165, 1.54) is 4.70 Å². The third-order valence-electron chi connectivity index (χ3n) is 6.82. The van der Waals surface area contributed by atoms with E-state index in [4.69, 9.17) is 4.98 Å². The fourth-order valence-electron chi connectivity index (χ4n) is 5.23. The summed E-state index contributed by atoms with van der Waals surface area (Å²) < 4.78 is 30.4. The van der Waals surface area contributed by atoms with Gasteiger partial charge in [0.2, 0.25) is 5.91 Å². The van der Waals surface area contributed by atoms with Gasteiger partial charge in [0, 0.05) is 31.1 Å². The van der Waals surface area contributed by atoms with Crippen LogP contribution in [0.4, 0.5) is 0 Å². The van der Waals surface area contributed by atoms with E-state index in [0.29, 0.717) is 30.9 Å². The third-order valence-corrected chi connectivity index (χ3v) is 9.34. The van der Waals surface area contributed by atoms with Crippen molar-refractivity contribution in [2.24, 2.45) is 4.40 Å². The van der Waals surface area contributed by atoms with Gasteiger partial charge >= 0.3 is 0 Å². The Morgan fingerprint density at radius 1 is 1.00 bits per heavy atom. The SMILES string of the molecule is O=C([C@H]1CCCN1C1=NS(=O)(=O)c2ccccc21)N1CCC[C@H](c2nc3ccccc3s2)C1. The Morgan fingerprint density at radius 3 is 2.67 bits per heavy atom. The van der Waals surface area contributed by atoms with Crippen molar-refractivity contribution in [2.75, 3.05) is 19.6 Å². The van der Waals surface area contributed by atoms with Gasteiger partial charge in [-0.05, 0) is 49.9 Å². The number of carbonyl (C=O) groups excluding carboxylic acids is 1. The van der Waals surface area contributed by atoms with Gasteiger partial charge in [0.1, 0.15) is 10.9 Å². The summed E-state index contributed by atoms with van der Waals surface area (Å²) in [4.78, 5) is 22.6. The molecule has 0 aliphatic carbocycles. The highest BCUT2D eigenvalue weighted by molar-refractivity contribution is 7.90. The molecule has 0 spiro atoms. The molecule has 0 saturated carbocycles. The molecule has 33 heavy (non-hydrogen) atoms. The van der Waals surface area contributed by atoms with Crippen molar-refractivity contribution < 1.29 is 13.2 Å². The van der Waals surface area contributed by atoms with E-state index in [1.54, 1.807) is 29.5 Å². The monoisotopic (exact) mass is 480 g/mol. The van der Waals surface area contributed by atoms with E-state index in [-0.39, 0.29) is 22.8 Å². The first-order chi connectivity index (χ1) is 16.0. The van der Waals surface area contributed by atoms with Crippen LogP contribution in [0.3, 0.4) is 0 Å². The van der Waals surface area contributed by atoms with Gasteiger partial charge in [0.15, 0.2) is 5.84 Å². The van der Waals surface area contributed by atoms with E-state index in [9.17, 15) is 13.2 Å². The van der Waals surface area contributed by atoms with Gasteiger partial charge in [0.05, 0.1) is 15.2 Å². The van der Waals surface area contributed by atoms with E-state index in [2.05, 4.69) is 10.5 Å². The molecule has 2 atom stereocenters. The fourth-order valence-corrected chi connectivity index (χ4v) is 7.54. The summed E-state index contributed by atoms with van der Waals surface area (Å²) in [6.45, 7) is 2.02. The molecule has 0 bridgehead atoms. The third kappa shape index (κ3) is 3.54. The Hall–Kier alpha value is -2.78. The highest BCUT2D eigenvalue weighted by Gasteiger charge is 2.41. The predicted molar refractivity (Wildman–Crippen MR) is 128 cm³/mol. The van der Waals surface area contributed by atoms with Crippen LogP contribution in [0.25, 0.3) is 10.2 Å². The second-order valence-electron chi connectivity index (χ2n) is 8.88. The number of aromatic nitrogens is 1. The Kier molecular flexibility index (Phi) is 4.99. The minimum absolute atomic E-state index is 0.0720. The quantitative estimate of drug-likeness (QED) is 0.560. The Balaban J connectivity index is 1.25. The zero-order chi connectivity index (χ0) is 22.6. The van der Waals surface area contributed by atoms with Crippen LogP contribution >= 0.6 is 11.3 Å². The van der Waals surface area contributed by atoms with Crippen LogP contribution in [0.1, 0.15) is 42.2 Å². The second kappa shape index (κ2) is 7.92. The zero-order valence-electron chi connectivity index (χ0n) is 18.1. The van der Waals surface area contributed by atoms with Crippen molar-refractivity contribution >= 4 is 43.3 Å². The van der Waals surface area contributed by atoms with Crippen LogP contribution in [0.5, 0.6) is 0 Å². The van der Waals surface area contributed by atoms with Gasteiger partial charge in [-0.1, -0.05) is 24.3 Å². The van der Waals surface area contributed by atoms with Gasteiger partial charge in [-0.25, -0.2) is 4.98 Å². The Labute approximate surface area is 196 Å². The number of carbonyl (C=O) groups is 1. The zero-order valence-corrected chi connectivity index (χ0v) is 19.7. The number of hydrogen-bond acceptors (Lipinski definition) is 6. The van der Waals surface area contributed by atoms with Crippen LogP contribution in [0, 0.1) is 0 Å². The number of amides is 1. The summed E-state index contributed by atoms with van der Waals surface area (Å²) in [5.74, 6) is 0.726. The lowest BCUT2D eigenvalue weighted by Gasteiger charge is -2.36. The molecule has 9 heteroatoms. The lowest BCUT2D eigenvalue weighted by molar-refractivity contribution is -0.136. The van der Waals surface area contributed by atoms with E-state index >= 15 is 0 Å². The van der Waals surface area contributed by atoms with Crippen LogP contribution < -0.4 is 0 Å². The molecule has 3 aromatic rings. The van der Waals surface area contributed by atoms with Gasteiger partial charge in [-0.15, -0.1) is 15.7 Å². The summed E-state index contributed by atoms with van der Waals surface area (Å²) in [5.41, 5.74) is 1.62. The molecular weight excluding hydrogens is 456 g/mol. The number of fused-ring (bicyclic) bond motifs is 2. The van der Waals surface area contributed by atoms with Crippen LogP contribution in [-0.2, 0) is 14.8 Å². The molecule has 0 radical (unpaired) electrons. The lowest BCUT2D eigenvalue weighted by Crippen LogP contribution is -2.50. The molecule has 4 heterocycles. The van der Waals surface area contributed by atoms with Crippen molar-refractivity contribution in [3.63, 3.8) is 0 Å². The summed E-state index contributed by atoms with van der Waals surface area (Å²) in [6, 6.07) is 14.7. The van der Waals surface area contributed by atoms with Gasteiger partial charge < -0.3 is 9.80 Å². The molecule has 2 saturated heterocycles. The molecule has 3 aliphatic heterocycles. The first kappa shape index (κ1) is 20.8. The number of nitrogens with zero attached hydrogens (tertiary/aromatic N) is 4. The summed E-state index contributed by atoms with van der Waals surface area (Å²) >= 11 is 1.72. The maximum Gasteiger partial charge on any atom is 0.285 e. The van der Waals surface area contributed by atoms with Gasteiger partial charge in [-0.2, -0.15) is 8.42 Å². The Bertz CT molecular complexity index is 1350. The van der Waals surface area contributed by atoms with Crippen molar-refractivity contribution in [1.29, 1.82) is 0 Å². The fraction of sp³-hybridized carbons (Fsp3) is 0.375. The average Bonchev–Trinajstić information content (AvgIpc) is 3.55. The molecule has 2 aromatic carbocycles. The number of para-hydroxylation sites is 1. The molecule has 1 amide bonds. The maximum atomic E-state index is 13.7. The lowest BCUT2D eigenvalue weighted by atomic mass is 9.97. The highest BCUT2D eigenvalue weighted by Crippen LogP contribution is 2.35. The van der Waals surface area contributed by atoms with E-state index < -0.39 is 10.0 Å². The van der Waals surface area contributed by atoms with E-state index in [0.717, 1.165) is 36.3 Å². The summed E-state index contributed by atoms with van der Waals surface area (Å²) in [5, 5.41) is 1.09. The smallest absolute Gasteiger partial charge is 0.285 e. The van der Waals surface area contributed by atoms with Crippen molar-refractivity contribution in [2.45, 2.75) is 42.5 Å². The highest BCUT2D eigenvalue weighted by atomic mass is 32.2. The predicted octanol–water partition coefficient (Wildman–Crippen LogP) is 3.62. The van der Waals surface area contributed by atoms with Crippen molar-refractivity contribution in [3.05, 3.63) is 59.1 Å². The summed E-state index contributed by atoms with van der Waals surface area (Å²) in [7, 11) is -3.71. The second-order valence-corrected chi connectivity index (χ2v) is 11.5. The number of rotatable bonds is 2. The first-order valence-electron chi connectivity index (χ1n) is 11.4. The molecule has 6 rings (SSSR count). The van der Waals surface area contributed by atoms with Crippen LogP contribution in [0.15, 0.2) is 57.8 Å². The van der Waals surface area contributed by atoms with E-state index in [1.807, 2.05) is 34.1 Å². The van der Waals surface area contributed by atoms with Crippen LogP contribution in [-0.4, -0.2) is 60.6 Å². The van der Waals surface area contributed by atoms with Crippen LogP contribution in [0.2, 0.25) is 0 Å². The Morgan fingerprint density at radius 2 is 1.79 bits per heavy atom. The molecule has 3 aliphatic rings. The molecule has 170 valence electrons. The molecule has 2 fully saturated rings. The molecule has 0 N–H and O–H groups in total. The number of likely N-dealkylation sites (tertiary alicyclic amines) is 2. The first-order valence-corrected chi connectivity index (χ1v) is 13.6. The molecule has 7 nitrogen and oxygen atoms in total. The number of benzene rings is 2. The summed E-state index contributed by atoms with van der Waals surface area (Å²) in [6.07, 6.45) is 3.52. The van der Waals surface area contributed by atoms with Gasteiger partial charge in [-0.3, -0.25) is 4.79 Å². The minimum atomic E-state index is -3.71. The maximum absolute atomic E-state index is 13.7. The topological polar surface area (TPSA) is 82.9 Å². The normalized spacial score (nSPS) is 24.2. The number of thiazole rings is 1. The largest absolute Gasteiger partial charge is 0.343 e. The minimum Gasteiger partial charge on any atom is -0.343 e. The molecule has 1 aromatic heterocycles. The molecular formula is C24H24N4O3S2. The number of hydrogen-bond donors (Lipinski definition) is 0. The molecule has 0 unspecified atom stereocenters. The standard InChI is InChI=1S/C24H24N4O3S2/c29-24(27-13-5-7-16(15-27)23-25-18-9-2-3-11-20(18)32-23)19-10-6-14-28(19)22-17-8-1-4-12-21(17)33(30,31)26-22/h1-4,8-9,11-12,16,19H,5-7,10,13-15H2/t16-,19+/m0/s1. The number of sulfonamides is 1. The van der Waals surface area contributed by atoms with Crippen molar-refractivity contribution in [1.82, 2.24) is 14.8 Å². The average molecular weight is 481 g/mol.